The molecule has 2 unspecified atom stereocenters. The highest BCUT2D eigenvalue weighted by Crippen LogP contribution is 2.12. The van der Waals surface area contributed by atoms with Gasteiger partial charge in [0, 0.05) is 19.2 Å². The molecule has 2 atom stereocenters. The van der Waals surface area contributed by atoms with Crippen LogP contribution < -0.4 is 10.1 Å². The Bertz CT molecular complexity index is 357. The number of aryl methyl sites for hydroxylation is 1. The molecule has 4 heteroatoms. The molecular weight excluding hydrogens is 242 g/mol. The summed E-state index contributed by atoms with van der Waals surface area (Å²) in [4.78, 5) is 0. The van der Waals surface area contributed by atoms with Gasteiger partial charge in [-0.2, -0.15) is 0 Å². The van der Waals surface area contributed by atoms with E-state index < -0.39 is 6.10 Å². The van der Waals surface area contributed by atoms with Gasteiger partial charge in [0.2, 0.25) is 0 Å². The second kappa shape index (κ2) is 8.91. The van der Waals surface area contributed by atoms with Crippen molar-refractivity contribution < 1.29 is 14.9 Å². The topological polar surface area (TPSA) is 61.7 Å². The molecule has 4 nitrogen and oxygen atoms in total. The van der Waals surface area contributed by atoms with E-state index in [-0.39, 0.29) is 13.2 Å². The van der Waals surface area contributed by atoms with Gasteiger partial charge in [-0.1, -0.05) is 12.1 Å². The van der Waals surface area contributed by atoms with Gasteiger partial charge >= 0.3 is 0 Å². The van der Waals surface area contributed by atoms with Crippen molar-refractivity contribution >= 4 is 0 Å². The summed E-state index contributed by atoms with van der Waals surface area (Å²) in [6.45, 7) is 5.05. The van der Waals surface area contributed by atoms with Crippen molar-refractivity contribution in [3.63, 3.8) is 0 Å². The van der Waals surface area contributed by atoms with E-state index in [0.29, 0.717) is 12.6 Å². The maximum absolute atomic E-state index is 9.82. The highest BCUT2D eigenvalue weighted by Gasteiger charge is 2.08. The van der Waals surface area contributed by atoms with Gasteiger partial charge in [-0.15, -0.1) is 0 Å². The zero-order valence-electron chi connectivity index (χ0n) is 11.8. The molecule has 0 saturated carbocycles. The lowest BCUT2D eigenvalue weighted by Gasteiger charge is -2.17. The van der Waals surface area contributed by atoms with Gasteiger partial charge in [0.05, 0.1) is 0 Å². The smallest absolute Gasteiger partial charge is 0.119 e. The maximum Gasteiger partial charge on any atom is 0.119 e. The van der Waals surface area contributed by atoms with Gasteiger partial charge < -0.3 is 20.3 Å². The van der Waals surface area contributed by atoms with E-state index in [0.717, 1.165) is 24.2 Å². The summed E-state index contributed by atoms with van der Waals surface area (Å²) < 4.78 is 5.53. The van der Waals surface area contributed by atoms with Crippen LogP contribution in [0, 0.1) is 6.92 Å². The first-order valence-corrected chi connectivity index (χ1v) is 6.83. The molecule has 0 aliphatic heterocycles. The molecule has 0 saturated heterocycles. The van der Waals surface area contributed by atoms with E-state index in [1.165, 1.54) is 0 Å². The number of aliphatic hydroxyl groups excluding tert-OH is 2. The minimum Gasteiger partial charge on any atom is -0.491 e. The highest BCUT2D eigenvalue weighted by atomic mass is 16.5. The van der Waals surface area contributed by atoms with Crippen LogP contribution in [0.1, 0.15) is 25.3 Å². The third kappa shape index (κ3) is 7.15. The van der Waals surface area contributed by atoms with Gasteiger partial charge in [0.25, 0.3) is 0 Å². The minimum absolute atomic E-state index is 0.213. The summed E-state index contributed by atoms with van der Waals surface area (Å²) >= 11 is 0. The van der Waals surface area contributed by atoms with Gasteiger partial charge in [-0.05, 0) is 44.4 Å². The van der Waals surface area contributed by atoms with Gasteiger partial charge in [0.1, 0.15) is 18.5 Å². The summed E-state index contributed by atoms with van der Waals surface area (Å²) in [6.07, 6.45) is 1.16. The Hall–Kier alpha value is -1.10. The highest BCUT2D eigenvalue weighted by molar-refractivity contribution is 5.27. The van der Waals surface area contributed by atoms with E-state index in [1.54, 1.807) is 0 Å². The number of rotatable bonds is 9. The Labute approximate surface area is 115 Å². The SMILES string of the molecule is Cc1cccc(OCC(O)CNC(C)CCCO)c1. The van der Waals surface area contributed by atoms with E-state index in [9.17, 15) is 5.11 Å². The molecule has 0 bridgehead atoms. The Morgan fingerprint density at radius 3 is 2.84 bits per heavy atom. The van der Waals surface area contributed by atoms with E-state index in [4.69, 9.17) is 9.84 Å². The summed E-state index contributed by atoms with van der Waals surface area (Å²) in [6, 6.07) is 8.07. The maximum atomic E-state index is 9.82. The lowest BCUT2D eigenvalue weighted by molar-refractivity contribution is 0.103. The minimum atomic E-state index is -0.530. The van der Waals surface area contributed by atoms with Gasteiger partial charge in [-0.3, -0.25) is 0 Å². The molecule has 0 aromatic heterocycles. The average Bonchev–Trinajstić information content (AvgIpc) is 2.40. The number of hydrogen-bond donors (Lipinski definition) is 3. The first-order chi connectivity index (χ1) is 9.11. The van der Waals surface area contributed by atoms with Gasteiger partial charge in [0.15, 0.2) is 0 Å². The predicted octanol–water partition coefficient (Wildman–Crippen LogP) is 1.49. The molecule has 0 aliphatic rings. The van der Waals surface area contributed by atoms with Crippen molar-refractivity contribution in [3.8, 4) is 5.75 Å². The average molecular weight is 267 g/mol. The molecule has 0 heterocycles. The fourth-order valence-corrected chi connectivity index (χ4v) is 1.79. The third-order valence-corrected chi connectivity index (χ3v) is 2.93. The number of benzene rings is 1. The molecular formula is C15H25NO3. The molecule has 3 N–H and O–H groups in total. The molecule has 1 rings (SSSR count). The molecule has 19 heavy (non-hydrogen) atoms. The molecule has 1 aromatic rings. The number of nitrogens with one attached hydrogen (secondary N) is 1. The third-order valence-electron chi connectivity index (χ3n) is 2.93. The van der Waals surface area contributed by atoms with Crippen molar-refractivity contribution in [2.45, 2.75) is 38.8 Å². The fraction of sp³-hybridized carbons (Fsp3) is 0.600. The quantitative estimate of drug-likeness (QED) is 0.634. The van der Waals surface area contributed by atoms with Crippen LogP contribution in [-0.4, -0.2) is 42.1 Å². The Morgan fingerprint density at radius 2 is 2.16 bits per heavy atom. The Balaban J connectivity index is 2.19. The standard InChI is InChI=1S/C15H25NO3/c1-12-5-3-7-15(9-12)19-11-14(18)10-16-13(2)6-4-8-17/h3,5,7,9,13-14,16-18H,4,6,8,10-11H2,1-2H3. The van der Waals surface area contributed by atoms with Crippen LogP contribution in [0.25, 0.3) is 0 Å². The predicted molar refractivity (Wildman–Crippen MR) is 76.5 cm³/mol. The van der Waals surface area contributed by atoms with Crippen LogP contribution in [0.4, 0.5) is 0 Å². The van der Waals surface area contributed by atoms with E-state index in [2.05, 4.69) is 5.32 Å². The molecule has 0 aliphatic carbocycles. The zero-order chi connectivity index (χ0) is 14.1. The first-order valence-electron chi connectivity index (χ1n) is 6.83. The van der Waals surface area contributed by atoms with Crippen molar-refractivity contribution in [3.05, 3.63) is 29.8 Å². The molecule has 0 spiro atoms. The van der Waals surface area contributed by atoms with E-state index in [1.807, 2.05) is 38.1 Å². The molecule has 0 amide bonds. The monoisotopic (exact) mass is 267 g/mol. The summed E-state index contributed by atoms with van der Waals surface area (Å²) in [5.41, 5.74) is 1.14. The van der Waals surface area contributed by atoms with Gasteiger partial charge in [-0.25, -0.2) is 0 Å². The number of aliphatic hydroxyl groups is 2. The van der Waals surface area contributed by atoms with Crippen LogP contribution in [-0.2, 0) is 0 Å². The largest absolute Gasteiger partial charge is 0.491 e. The van der Waals surface area contributed by atoms with Crippen LogP contribution in [0.3, 0.4) is 0 Å². The molecule has 108 valence electrons. The van der Waals surface area contributed by atoms with Crippen molar-refractivity contribution in [2.75, 3.05) is 19.8 Å². The second-order valence-electron chi connectivity index (χ2n) is 4.96. The van der Waals surface area contributed by atoms with Crippen LogP contribution >= 0.6 is 0 Å². The first kappa shape index (κ1) is 16.0. The van der Waals surface area contributed by atoms with Crippen LogP contribution in [0.5, 0.6) is 5.75 Å². The van der Waals surface area contributed by atoms with Crippen LogP contribution in [0.2, 0.25) is 0 Å². The molecule has 0 radical (unpaired) electrons. The van der Waals surface area contributed by atoms with E-state index >= 15 is 0 Å². The summed E-state index contributed by atoms with van der Waals surface area (Å²) in [7, 11) is 0. The number of hydrogen-bond acceptors (Lipinski definition) is 4. The van der Waals surface area contributed by atoms with Crippen molar-refractivity contribution in [2.24, 2.45) is 0 Å². The zero-order valence-corrected chi connectivity index (χ0v) is 11.8. The lowest BCUT2D eigenvalue weighted by Crippen LogP contribution is -2.36. The fourth-order valence-electron chi connectivity index (χ4n) is 1.79. The second-order valence-corrected chi connectivity index (χ2v) is 4.96. The lowest BCUT2D eigenvalue weighted by atomic mass is 10.2. The summed E-state index contributed by atoms with van der Waals surface area (Å²) in [5, 5.41) is 21.8. The van der Waals surface area contributed by atoms with Crippen molar-refractivity contribution in [1.29, 1.82) is 0 Å². The Morgan fingerprint density at radius 1 is 1.37 bits per heavy atom. The normalized spacial score (nSPS) is 14.1. The molecule has 0 fully saturated rings. The van der Waals surface area contributed by atoms with Crippen molar-refractivity contribution in [1.82, 2.24) is 5.32 Å². The number of ether oxygens (including phenoxy) is 1. The summed E-state index contributed by atoms with van der Waals surface area (Å²) in [5.74, 6) is 0.785. The molecule has 1 aromatic carbocycles. The van der Waals surface area contributed by atoms with Crippen LogP contribution in [0.15, 0.2) is 24.3 Å². The Kier molecular flexibility index (Phi) is 7.48.